The van der Waals surface area contributed by atoms with Crippen molar-refractivity contribution in [1.29, 1.82) is 0 Å². The highest BCUT2D eigenvalue weighted by Crippen LogP contribution is 2.18. The second-order valence-electron chi connectivity index (χ2n) is 5.32. The Labute approximate surface area is 120 Å². The monoisotopic (exact) mass is 276 g/mol. The number of methoxy groups -OCH3 is 1. The van der Waals surface area contributed by atoms with Gasteiger partial charge in [0.05, 0.1) is 13.5 Å². The lowest BCUT2D eigenvalue weighted by Crippen LogP contribution is -2.32. The Kier molecular flexibility index (Phi) is 5.87. The van der Waals surface area contributed by atoms with Crippen LogP contribution in [0.5, 0.6) is 5.75 Å². The quantitative estimate of drug-likeness (QED) is 0.832. The first kappa shape index (κ1) is 14.9. The van der Waals surface area contributed by atoms with Gasteiger partial charge in [-0.3, -0.25) is 4.79 Å². The van der Waals surface area contributed by atoms with Crippen molar-refractivity contribution < 1.29 is 9.53 Å². The predicted octanol–water partition coefficient (Wildman–Crippen LogP) is 1.74. The SMILES string of the molecule is COc1ccccc1CC(=O)NCCC1CCNCC1. The molecule has 0 spiro atoms. The van der Waals surface area contributed by atoms with Gasteiger partial charge in [0.25, 0.3) is 0 Å². The lowest BCUT2D eigenvalue weighted by atomic mass is 9.95. The average Bonchev–Trinajstić information content (AvgIpc) is 2.49. The Morgan fingerprint density at radius 3 is 2.85 bits per heavy atom. The summed E-state index contributed by atoms with van der Waals surface area (Å²) in [6.45, 7) is 3.00. The molecule has 0 aromatic heterocycles. The fourth-order valence-corrected chi connectivity index (χ4v) is 2.67. The molecule has 1 aliphatic rings. The van der Waals surface area contributed by atoms with Gasteiger partial charge >= 0.3 is 0 Å². The molecular formula is C16H24N2O2. The number of para-hydroxylation sites is 1. The van der Waals surface area contributed by atoms with E-state index >= 15 is 0 Å². The van der Waals surface area contributed by atoms with Crippen LogP contribution >= 0.6 is 0 Å². The van der Waals surface area contributed by atoms with E-state index in [2.05, 4.69) is 10.6 Å². The predicted molar refractivity (Wildman–Crippen MR) is 79.9 cm³/mol. The molecule has 20 heavy (non-hydrogen) atoms. The molecule has 2 rings (SSSR count). The molecule has 1 fully saturated rings. The summed E-state index contributed by atoms with van der Waals surface area (Å²) in [5, 5.41) is 6.37. The van der Waals surface area contributed by atoms with Crippen LogP contribution in [-0.4, -0.2) is 32.7 Å². The zero-order chi connectivity index (χ0) is 14.2. The minimum Gasteiger partial charge on any atom is -0.496 e. The molecule has 0 unspecified atom stereocenters. The minimum atomic E-state index is 0.0726. The van der Waals surface area contributed by atoms with Crippen LogP contribution in [0.1, 0.15) is 24.8 Å². The molecule has 1 heterocycles. The van der Waals surface area contributed by atoms with Crippen molar-refractivity contribution in [3.63, 3.8) is 0 Å². The Hall–Kier alpha value is -1.55. The van der Waals surface area contributed by atoms with Gasteiger partial charge in [-0.05, 0) is 44.3 Å². The van der Waals surface area contributed by atoms with E-state index in [1.54, 1.807) is 7.11 Å². The van der Waals surface area contributed by atoms with Crippen LogP contribution in [0, 0.1) is 5.92 Å². The summed E-state index contributed by atoms with van der Waals surface area (Å²) >= 11 is 0. The molecule has 1 saturated heterocycles. The number of ether oxygens (including phenoxy) is 1. The lowest BCUT2D eigenvalue weighted by Gasteiger charge is -2.22. The molecule has 1 amide bonds. The third-order valence-corrected chi connectivity index (χ3v) is 3.88. The van der Waals surface area contributed by atoms with Crippen LogP contribution in [0.2, 0.25) is 0 Å². The van der Waals surface area contributed by atoms with Gasteiger partial charge in [-0.15, -0.1) is 0 Å². The number of piperidine rings is 1. The van der Waals surface area contributed by atoms with E-state index in [9.17, 15) is 4.79 Å². The molecule has 110 valence electrons. The summed E-state index contributed by atoms with van der Waals surface area (Å²) in [4.78, 5) is 11.9. The molecule has 0 saturated carbocycles. The topological polar surface area (TPSA) is 50.4 Å². The van der Waals surface area contributed by atoms with Crippen LogP contribution in [-0.2, 0) is 11.2 Å². The van der Waals surface area contributed by atoms with Gasteiger partial charge in [-0.1, -0.05) is 18.2 Å². The van der Waals surface area contributed by atoms with E-state index in [0.717, 1.165) is 43.3 Å². The first-order valence-corrected chi connectivity index (χ1v) is 7.39. The van der Waals surface area contributed by atoms with Gasteiger partial charge in [-0.2, -0.15) is 0 Å². The van der Waals surface area contributed by atoms with Crippen molar-refractivity contribution >= 4 is 5.91 Å². The molecule has 2 N–H and O–H groups in total. The summed E-state index contributed by atoms with van der Waals surface area (Å²) in [5.41, 5.74) is 0.939. The van der Waals surface area contributed by atoms with Crippen LogP contribution in [0.25, 0.3) is 0 Å². The van der Waals surface area contributed by atoms with Crippen LogP contribution in [0.3, 0.4) is 0 Å². The van der Waals surface area contributed by atoms with Crippen molar-refractivity contribution in [2.75, 3.05) is 26.7 Å². The Bertz CT molecular complexity index is 428. The van der Waals surface area contributed by atoms with E-state index in [-0.39, 0.29) is 5.91 Å². The number of rotatable bonds is 6. The lowest BCUT2D eigenvalue weighted by molar-refractivity contribution is -0.120. The highest BCUT2D eigenvalue weighted by molar-refractivity contribution is 5.79. The fourth-order valence-electron chi connectivity index (χ4n) is 2.67. The summed E-state index contributed by atoms with van der Waals surface area (Å²) < 4.78 is 5.26. The van der Waals surface area contributed by atoms with Crippen molar-refractivity contribution in [2.24, 2.45) is 5.92 Å². The number of nitrogens with one attached hydrogen (secondary N) is 2. The Morgan fingerprint density at radius 1 is 1.35 bits per heavy atom. The van der Waals surface area contributed by atoms with E-state index in [4.69, 9.17) is 4.74 Å². The zero-order valence-electron chi connectivity index (χ0n) is 12.2. The second-order valence-corrected chi connectivity index (χ2v) is 5.32. The normalized spacial score (nSPS) is 15.8. The summed E-state index contributed by atoms with van der Waals surface area (Å²) in [6.07, 6.45) is 3.92. The summed E-state index contributed by atoms with van der Waals surface area (Å²) in [7, 11) is 1.63. The standard InChI is InChI=1S/C16H24N2O2/c1-20-15-5-3-2-4-14(15)12-16(19)18-11-8-13-6-9-17-10-7-13/h2-5,13,17H,6-12H2,1H3,(H,18,19). The summed E-state index contributed by atoms with van der Waals surface area (Å²) in [6, 6.07) is 7.67. The Morgan fingerprint density at radius 2 is 2.10 bits per heavy atom. The van der Waals surface area contributed by atoms with Crippen LogP contribution in [0.15, 0.2) is 24.3 Å². The first-order chi connectivity index (χ1) is 9.79. The molecule has 4 heteroatoms. The average molecular weight is 276 g/mol. The molecule has 0 bridgehead atoms. The van der Waals surface area contributed by atoms with Crippen molar-refractivity contribution in [3.05, 3.63) is 29.8 Å². The molecule has 0 aliphatic carbocycles. The van der Waals surface area contributed by atoms with Crippen LogP contribution < -0.4 is 15.4 Å². The van der Waals surface area contributed by atoms with Gasteiger partial charge in [0.1, 0.15) is 5.75 Å². The molecule has 1 aliphatic heterocycles. The van der Waals surface area contributed by atoms with Gasteiger partial charge in [0.2, 0.25) is 5.91 Å². The third kappa shape index (κ3) is 4.53. The number of hydrogen-bond donors (Lipinski definition) is 2. The largest absolute Gasteiger partial charge is 0.496 e. The molecule has 0 atom stereocenters. The molecular weight excluding hydrogens is 252 g/mol. The number of carbonyl (C=O) groups is 1. The maximum absolute atomic E-state index is 11.9. The molecule has 1 aromatic rings. The van der Waals surface area contributed by atoms with E-state index in [0.29, 0.717) is 6.42 Å². The van der Waals surface area contributed by atoms with Crippen molar-refractivity contribution in [2.45, 2.75) is 25.7 Å². The fraction of sp³-hybridized carbons (Fsp3) is 0.562. The highest BCUT2D eigenvalue weighted by Gasteiger charge is 2.13. The number of hydrogen-bond acceptors (Lipinski definition) is 3. The number of amides is 1. The maximum Gasteiger partial charge on any atom is 0.224 e. The number of carbonyl (C=O) groups excluding carboxylic acids is 1. The highest BCUT2D eigenvalue weighted by atomic mass is 16.5. The number of benzene rings is 1. The molecule has 4 nitrogen and oxygen atoms in total. The van der Waals surface area contributed by atoms with E-state index in [1.165, 1.54) is 12.8 Å². The smallest absolute Gasteiger partial charge is 0.224 e. The van der Waals surface area contributed by atoms with Crippen molar-refractivity contribution in [1.82, 2.24) is 10.6 Å². The van der Waals surface area contributed by atoms with Crippen molar-refractivity contribution in [3.8, 4) is 5.75 Å². The van der Waals surface area contributed by atoms with E-state index < -0.39 is 0 Å². The molecule has 0 radical (unpaired) electrons. The van der Waals surface area contributed by atoms with Gasteiger partial charge < -0.3 is 15.4 Å². The minimum absolute atomic E-state index is 0.0726. The third-order valence-electron chi connectivity index (χ3n) is 3.88. The molecule has 1 aromatic carbocycles. The van der Waals surface area contributed by atoms with Crippen LogP contribution in [0.4, 0.5) is 0 Å². The summed E-state index contributed by atoms with van der Waals surface area (Å²) in [5.74, 6) is 1.60. The second kappa shape index (κ2) is 7.90. The van der Waals surface area contributed by atoms with E-state index in [1.807, 2.05) is 24.3 Å². The van der Waals surface area contributed by atoms with Gasteiger partial charge in [0.15, 0.2) is 0 Å². The Balaban J connectivity index is 1.72. The maximum atomic E-state index is 11.9. The van der Waals surface area contributed by atoms with Gasteiger partial charge in [0, 0.05) is 12.1 Å². The first-order valence-electron chi connectivity index (χ1n) is 7.39. The van der Waals surface area contributed by atoms with Gasteiger partial charge in [-0.25, -0.2) is 0 Å². The zero-order valence-corrected chi connectivity index (χ0v) is 12.2.